The van der Waals surface area contributed by atoms with Crippen LogP contribution in [0.1, 0.15) is 0 Å². The molecule has 0 aliphatic carbocycles. The summed E-state index contributed by atoms with van der Waals surface area (Å²) in [5, 5.41) is 0. The maximum absolute atomic E-state index is 13.1. The van der Waals surface area contributed by atoms with Crippen molar-refractivity contribution in [2.75, 3.05) is 80.0 Å². The lowest BCUT2D eigenvalue weighted by Crippen LogP contribution is -2.37. The highest BCUT2D eigenvalue weighted by molar-refractivity contribution is 7.89. The topological polar surface area (TPSA) is 137 Å². The SMILES string of the molecule is COc1ccc(S(=O)(=O)N(CCOCCOCCN(CC2CO2)S(=O)(=O)c2ccc(OC)cc2)CC2CO2)cc1. The molecule has 2 aromatic carbocycles. The Balaban J connectivity index is 1.20. The predicted molar refractivity (Wildman–Crippen MR) is 145 cm³/mol. The number of methoxy groups -OCH3 is 2. The first-order valence-corrected chi connectivity index (χ1v) is 15.8. The highest BCUT2D eigenvalue weighted by Crippen LogP contribution is 2.23. The Kier molecular flexibility index (Phi) is 10.8. The van der Waals surface area contributed by atoms with E-state index in [9.17, 15) is 16.8 Å². The van der Waals surface area contributed by atoms with Crippen molar-refractivity contribution >= 4 is 20.0 Å². The summed E-state index contributed by atoms with van der Waals surface area (Å²) < 4.78 is 87.2. The average Bonchev–Trinajstić information content (AvgIpc) is 3.90. The lowest BCUT2D eigenvalue weighted by atomic mass is 10.3. The number of benzene rings is 2. The maximum atomic E-state index is 13.1. The second-order valence-corrected chi connectivity index (χ2v) is 13.1. The van der Waals surface area contributed by atoms with Gasteiger partial charge in [-0.3, -0.25) is 0 Å². The van der Waals surface area contributed by atoms with E-state index in [-0.39, 0.29) is 74.6 Å². The molecule has 222 valence electrons. The number of rotatable bonds is 19. The van der Waals surface area contributed by atoms with Gasteiger partial charge in [0.1, 0.15) is 11.5 Å². The van der Waals surface area contributed by atoms with Gasteiger partial charge < -0.3 is 28.4 Å². The molecule has 0 N–H and O–H groups in total. The van der Waals surface area contributed by atoms with E-state index in [0.717, 1.165) is 0 Å². The number of nitrogens with zero attached hydrogens (tertiary/aromatic N) is 2. The smallest absolute Gasteiger partial charge is 0.243 e. The second kappa shape index (κ2) is 14.0. The van der Waals surface area contributed by atoms with Crippen LogP contribution >= 0.6 is 0 Å². The summed E-state index contributed by atoms with van der Waals surface area (Å²) in [5.74, 6) is 1.14. The molecule has 2 aliphatic rings. The van der Waals surface area contributed by atoms with Crippen molar-refractivity contribution in [3.05, 3.63) is 48.5 Å². The molecule has 0 bridgehead atoms. The zero-order chi connectivity index (χ0) is 28.6. The highest BCUT2D eigenvalue weighted by atomic mass is 32.2. The summed E-state index contributed by atoms with van der Waals surface area (Å²) in [5.41, 5.74) is 0. The lowest BCUT2D eigenvalue weighted by molar-refractivity contribution is 0.0410. The first-order chi connectivity index (χ1) is 19.2. The number of hydrogen-bond donors (Lipinski definition) is 0. The summed E-state index contributed by atoms with van der Waals surface area (Å²) in [4.78, 5) is 0.339. The van der Waals surface area contributed by atoms with Crippen molar-refractivity contribution in [3.8, 4) is 11.5 Å². The zero-order valence-corrected chi connectivity index (χ0v) is 24.3. The molecule has 2 unspecified atom stereocenters. The largest absolute Gasteiger partial charge is 0.497 e. The molecule has 2 atom stereocenters. The fraction of sp³-hybridized carbons (Fsp3) is 0.538. The molecule has 4 rings (SSSR count). The molecule has 14 heteroatoms. The van der Waals surface area contributed by atoms with E-state index in [4.69, 9.17) is 28.4 Å². The molecule has 2 aliphatic heterocycles. The minimum absolute atomic E-state index is 0.116. The van der Waals surface area contributed by atoms with Crippen LogP contribution in [-0.2, 0) is 39.0 Å². The van der Waals surface area contributed by atoms with Gasteiger partial charge in [0.15, 0.2) is 0 Å². The highest BCUT2D eigenvalue weighted by Gasteiger charge is 2.33. The third-order valence-electron chi connectivity index (χ3n) is 6.36. The van der Waals surface area contributed by atoms with Crippen molar-refractivity contribution in [2.45, 2.75) is 22.0 Å². The lowest BCUT2D eigenvalue weighted by Gasteiger charge is -2.22. The Labute approximate surface area is 235 Å². The van der Waals surface area contributed by atoms with Crippen molar-refractivity contribution in [2.24, 2.45) is 0 Å². The Hall–Kier alpha value is -2.30. The summed E-state index contributed by atoms with van der Waals surface area (Å²) in [6.45, 7) is 2.66. The van der Waals surface area contributed by atoms with E-state index in [1.165, 1.54) is 47.1 Å². The van der Waals surface area contributed by atoms with E-state index >= 15 is 0 Å². The quantitative estimate of drug-likeness (QED) is 0.171. The molecule has 0 saturated carbocycles. The molecule has 2 saturated heterocycles. The van der Waals surface area contributed by atoms with Gasteiger partial charge in [-0.15, -0.1) is 0 Å². The Morgan fingerprint density at radius 3 is 1.30 bits per heavy atom. The minimum Gasteiger partial charge on any atom is -0.497 e. The molecule has 0 spiro atoms. The molecule has 2 fully saturated rings. The normalized spacial score (nSPS) is 18.7. The van der Waals surface area contributed by atoms with Gasteiger partial charge in [-0.05, 0) is 48.5 Å². The Bertz CT molecular complexity index is 1180. The van der Waals surface area contributed by atoms with Crippen LogP contribution in [0.25, 0.3) is 0 Å². The van der Waals surface area contributed by atoms with Gasteiger partial charge in [0.05, 0.1) is 75.9 Å². The van der Waals surface area contributed by atoms with E-state index < -0.39 is 20.0 Å². The van der Waals surface area contributed by atoms with Crippen LogP contribution in [0.4, 0.5) is 0 Å². The van der Waals surface area contributed by atoms with Gasteiger partial charge in [0, 0.05) is 26.2 Å². The van der Waals surface area contributed by atoms with E-state index in [0.29, 0.717) is 24.7 Å². The van der Waals surface area contributed by atoms with Crippen molar-refractivity contribution in [1.29, 1.82) is 0 Å². The zero-order valence-electron chi connectivity index (χ0n) is 22.6. The van der Waals surface area contributed by atoms with Crippen LogP contribution in [-0.4, -0.2) is 118 Å². The van der Waals surface area contributed by atoms with Crippen LogP contribution in [0, 0.1) is 0 Å². The monoisotopic (exact) mass is 600 g/mol. The van der Waals surface area contributed by atoms with Crippen LogP contribution in [0.3, 0.4) is 0 Å². The molecule has 12 nitrogen and oxygen atoms in total. The molecule has 2 heterocycles. The standard InChI is InChI=1S/C26H36N2O10S2/c1-33-21-3-7-25(8-4-21)39(29,30)27(17-23-19-37-23)11-13-35-15-16-36-14-12-28(18-24-20-38-24)40(31,32)26-9-5-22(34-2)6-10-26/h3-10,23-24H,11-20H2,1-2H3. The van der Waals surface area contributed by atoms with Gasteiger partial charge in [0.2, 0.25) is 20.0 Å². The molecule has 40 heavy (non-hydrogen) atoms. The van der Waals surface area contributed by atoms with E-state index in [1.807, 2.05) is 0 Å². The van der Waals surface area contributed by atoms with Gasteiger partial charge in [-0.1, -0.05) is 0 Å². The summed E-state index contributed by atoms with van der Waals surface area (Å²) in [7, 11) is -4.42. The van der Waals surface area contributed by atoms with E-state index in [1.54, 1.807) is 24.3 Å². The molecular formula is C26H36N2O10S2. The van der Waals surface area contributed by atoms with Crippen molar-refractivity contribution in [1.82, 2.24) is 8.61 Å². The average molecular weight is 601 g/mol. The van der Waals surface area contributed by atoms with Crippen LogP contribution < -0.4 is 9.47 Å². The fourth-order valence-electron chi connectivity index (χ4n) is 3.87. The number of ether oxygens (including phenoxy) is 6. The summed E-state index contributed by atoms with van der Waals surface area (Å²) in [6.07, 6.45) is -0.232. The predicted octanol–water partition coefficient (Wildman–Crippen LogP) is 1.22. The summed E-state index contributed by atoms with van der Waals surface area (Å²) >= 11 is 0. The first kappa shape index (κ1) is 30.7. The van der Waals surface area contributed by atoms with Gasteiger partial charge in [-0.25, -0.2) is 16.8 Å². The Morgan fingerprint density at radius 1 is 0.650 bits per heavy atom. The summed E-state index contributed by atoms with van der Waals surface area (Å²) in [6, 6.07) is 12.5. The molecule has 0 radical (unpaired) electrons. The number of sulfonamides is 2. The third kappa shape index (κ3) is 8.60. The van der Waals surface area contributed by atoms with E-state index in [2.05, 4.69) is 0 Å². The Morgan fingerprint density at radius 2 is 1.00 bits per heavy atom. The molecule has 0 amide bonds. The minimum atomic E-state index is -3.73. The maximum Gasteiger partial charge on any atom is 0.243 e. The first-order valence-electron chi connectivity index (χ1n) is 12.9. The van der Waals surface area contributed by atoms with Crippen molar-refractivity contribution in [3.63, 3.8) is 0 Å². The second-order valence-electron chi connectivity index (χ2n) is 9.21. The third-order valence-corrected chi connectivity index (χ3v) is 10.1. The number of epoxide rings is 2. The van der Waals surface area contributed by atoms with Crippen LogP contribution in [0.15, 0.2) is 58.3 Å². The number of hydrogen-bond acceptors (Lipinski definition) is 10. The van der Waals surface area contributed by atoms with Gasteiger partial charge >= 0.3 is 0 Å². The molecule has 2 aromatic rings. The van der Waals surface area contributed by atoms with Gasteiger partial charge in [0.25, 0.3) is 0 Å². The van der Waals surface area contributed by atoms with Crippen LogP contribution in [0.5, 0.6) is 11.5 Å². The van der Waals surface area contributed by atoms with Crippen molar-refractivity contribution < 1.29 is 45.3 Å². The molecular weight excluding hydrogens is 564 g/mol. The van der Waals surface area contributed by atoms with Gasteiger partial charge in [-0.2, -0.15) is 8.61 Å². The molecule has 0 aromatic heterocycles. The fourth-order valence-corrected chi connectivity index (χ4v) is 6.78. The van der Waals surface area contributed by atoms with Crippen LogP contribution in [0.2, 0.25) is 0 Å².